The maximum absolute atomic E-state index is 13.1. The highest BCUT2D eigenvalue weighted by Gasteiger charge is 2.14. The number of rotatable bonds is 1. The molecule has 0 N–H and O–H groups in total. The van der Waals surface area contributed by atoms with Gasteiger partial charge < -0.3 is 0 Å². The highest BCUT2D eigenvalue weighted by molar-refractivity contribution is 6.15. The Balaban J connectivity index is 2.30. The lowest BCUT2D eigenvalue weighted by Crippen LogP contribution is -1.97. The lowest BCUT2D eigenvalue weighted by molar-refractivity contribution is 0.628. The summed E-state index contributed by atoms with van der Waals surface area (Å²) in [6, 6.07) is 4.69. The molecule has 2 heterocycles. The maximum Gasteiger partial charge on any atom is 0.125 e. The van der Waals surface area contributed by atoms with E-state index < -0.39 is 0 Å². The number of nitrogens with zero attached hydrogens (tertiary/aromatic N) is 3. The molecule has 1 aromatic carbocycles. The first-order valence-electron chi connectivity index (χ1n) is 5.09. The minimum atomic E-state index is -0.244. The van der Waals surface area contributed by atoms with Crippen LogP contribution in [0.4, 0.5) is 4.39 Å². The average Bonchev–Trinajstić information content (AvgIpc) is 2.87. The van der Waals surface area contributed by atoms with Gasteiger partial charge in [0.25, 0.3) is 0 Å². The topological polar surface area (TPSA) is 30.2 Å². The number of halogens is 1. The fourth-order valence-electron chi connectivity index (χ4n) is 1.94. The van der Waals surface area contributed by atoms with Gasteiger partial charge >= 0.3 is 0 Å². The highest BCUT2D eigenvalue weighted by atomic mass is 19.1. The summed E-state index contributed by atoms with van der Waals surface area (Å²) in [7, 11) is 1.81. The van der Waals surface area contributed by atoms with E-state index in [2.05, 4.69) is 10.1 Å². The Hall–Kier alpha value is -1.97. The Bertz CT molecular complexity index is 622. The molecular formula is C12H10FN3. The van der Waals surface area contributed by atoms with Gasteiger partial charge in [0, 0.05) is 12.4 Å². The summed E-state index contributed by atoms with van der Waals surface area (Å²) in [5.41, 5.74) is 2.49. The van der Waals surface area contributed by atoms with E-state index in [-0.39, 0.29) is 5.82 Å². The lowest BCUT2D eigenvalue weighted by Gasteiger charge is -1.94. The molecule has 16 heavy (non-hydrogen) atoms. The third kappa shape index (κ3) is 1.26. The molecule has 0 radical (unpaired) electrons. The van der Waals surface area contributed by atoms with Crippen molar-refractivity contribution in [2.24, 2.45) is 12.0 Å². The quantitative estimate of drug-likeness (QED) is 0.716. The molecule has 0 saturated heterocycles. The number of aryl methyl sites for hydroxylation is 1. The second-order valence-electron chi connectivity index (χ2n) is 3.76. The molecule has 0 fully saturated rings. The first kappa shape index (κ1) is 9.27. The summed E-state index contributed by atoms with van der Waals surface area (Å²) in [4.78, 5) is 4.33. The molecule has 0 spiro atoms. The smallest absolute Gasteiger partial charge is 0.125 e. The van der Waals surface area contributed by atoms with Crippen LogP contribution in [0, 0.1) is 5.82 Å². The fourth-order valence-corrected chi connectivity index (χ4v) is 1.94. The van der Waals surface area contributed by atoms with E-state index in [1.807, 2.05) is 19.2 Å². The van der Waals surface area contributed by atoms with E-state index in [1.54, 1.807) is 10.7 Å². The molecule has 0 saturated carbocycles. The lowest BCUT2D eigenvalue weighted by atomic mass is 10.1. The summed E-state index contributed by atoms with van der Waals surface area (Å²) in [6.45, 7) is 0.703. The number of aliphatic imine (C=N–C) groups is 1. The molecule has 2 aromatic rings. The molecule has 3 rings (SSSR count). The molecule has 4 heteroatoms. The van der Waals surface area contributed by atoms with Crippen LogP contribution < -0.4 is 0 Å². The zero-order valence-corrected chi connectivity index (χ0v) is 8.81. The second-order valence-corrected chi connectivity index (χ2v) is 3.76. The molecule has 0 aliphatic carbocycles. The molecule has 0 amide bonds. The summed E-state index contributed by atoms with van der Waals surface area (Å²) in [5, 5.41) is 5.32. The van der Waals surface area contributed by atoms with Crippen molar-refractivity contribution in [3.63, 3.8) is 0 Å². The normalized spacial score (nSPS) is 14.8. The first-order chi connectivity index (χ1) is 7.75. The van der Waals surface area contributed by atoms with Crippen LogP contribution in [0.5, 0.6) is 0 Å². The molecule has 0 atom stereocenters. The van der Waals surface area contributed by atoms with Gasteiger partial charge in [-0.2, -0.15) is 5.10 Å². The predicted octanol–water partition coefficient (Wildman–Crippen LogP) is 2.07. The zero-order chi connectivity index (χ0) is 11.1. The fraction of sp³-hybridized carbons (Fsp3) is 0.167. The molecule has 1 aromatic heterocycles. The number of hydrogen-bond donors (Lipinski definition) is 0. The number of hydrogen-bond acceptors (Lipinski definition) is 2. The van der Waals surface area contributed by atoms with Crippen LogP contribution in [0.1, 0.15) is 5.69 Å². The Morgan fingerprint density at radius 2 is 2.25 bits per heavy atom. The van der Waals surface area contributed by atoms with Gasteiger partial charge in [0.15, 0.2) is 0 Å². The highest BCUT2D eigenvalue weighted by Crippen LogP contribution is 2.21. The van der Waals surface area contributed by atoms with Crippen LogP contribution >= 0.6 is 0 Å². The van der Waals surface area contributed by atoms with Crippen molar-refractivity contribution < 1.29 is 4.39 Å². The van der Waals surface area contributed by atoms with Gasteiger partial charge in [-0.3, -0.25) is 9.67 Å². The molecular weight excluding hydrogens is 205 g/mol. The molecule has 80 valence electrons. The number of aromatic nitrogens is 2. The third-order valence-electron chi connectivity index (χ3n) is 2.70. The second kappa shape index (κ2) is 3.27. The van der Waals surface area contributed by atoms with E-state index in [9.17, 15) is 4.39 Å². The van der Waals surface area contributed by atoms with E-state index in [1.165, 1.54) is 12.1 Å². The third-order valence-corrected chi connectivity index (χ3v) is 2.70. The van der Waals surface area contributed by atoms with Crippen molar-refractivity contribution >= 4 is 16.6 Å². The Labute approximate surface area is 91.9 Å². The minimum Gasteiger partial charge on any atom is -0.279 e. The molecule has 1 aliphatic heterocycles. The molecule has 1 aliphatic rings. The van der Waals surface area contributed by atoms with E-state index in [4.69, 9.17) is 0 Å². The Morgan fingerprint density at radius 3 is 3.00 bits per heavy atom. The summed E-state index contributed by atoms with van der Waals surface area (Å²) >= 11 is 0. The van der Waals surface area contributed by atoms with Crippen LogP contribution in [0.3, 0.4) is 0 Å². The van der Waals surface area contributed by atoms with Gasteiger partial charge in [-0.25, -0.2) is 4.39 Å². The summed E-state index contributed by atoms with van der Waals surface area (Å²) in [6.07, 6.45) is 3.94. The van der Waals surface area contributed by atoms with Crippen molar-refractivity contribution in [1.29, 1.82) is 0 Å². The van der Waals surface area contributed by atoms with Crippen LogP contribution in [0.25, 0.3) is 10.9 Å². The van der Waals surface area contributed by atoms with Crippen LogP contribution in [0.2, 0.25) is 0 Å². The van der Waals surface area contributed by atoms with Crippen LogP contribution in [-0.2, 0) is 7.05 Å². The van der Waals surface area contributed by atoms with E-state index >= 15 is 0 Å². The van der Waals surface area contributed by atoms with Crippen molar-refractivity contribution in [2.75, 3.05) is 6.54 Å². The zero-order valence-electron chi connectivity index (χ0n) is 8.81. The average molecular weight is 215 g/mol. The van der Waals surface area contributed by atoms with Gasteiger partial charge in [-0.15, -0.1) is 0 Å². The number of benzene rings is 1. The first-order valence-corrected chi connectivity index (χ1v) is 5.09. The Morgan fingerprint density at radius 1 is 1.38 bits per heavy atom. The summed E-state index contributed by atoms with van der Waals surface area (Å²) in [5.74, 6) is -0.244. The van der Waals surface area contributed by atoms with Gasteiger partial charge in [0.1, 0.15) is 11.5 Å². The number of allylic oxidation sites excluding steroid dienone is 1. The van der Waals surface area contributed by atoms with Crippen molar-refractivity contribution in [1.82, 2.24) is 9.78 Å². The molecule has 0 unspecified atom stereocenters. The largest absolute Gasteiger partial charge is 0.279 e. The van der Waals surface area contributed by atoms with Crippen molar-refractivity contribution in [3.8, 4) is 0 Å². The molecule has 0 bridgehead atoms. The van der Waals surface area contributed by atoms with E-state index in [0.717, 1.165) is 22.3 Å². The van der Waals surface area contributed by atoms with Crippen molar-refractivity contribution in [3.05, 3.63) is 41.9 Å². The summed E-state index contributed by atoms with van der Waals surface area (Å²) < 4.78 is 14.8. The van der Waals surface area contributed by atoms with E-state index in [0.29, 0.717) is 6.54 Å². The van der Waals surface area contributed by atoms with Crippen molar-refractivity contribution in [2.45, 2.75) is 0 Å². The SMILES string of the molecule is Cn1nc(C2=NCC=C2)c2ccc(F)cc21. The van der Waals surface area contributed by atoms with Gasteiger partial charge in [0.05, 0.1) is 17.8 Å². The predicted molar refractivity (Wildman–Crippen MR) is 61.2 cm³/mol. The standard InChI is InChI=1S/C12H10FN3/c1-16-11-7-8(13)4-5-9(11)12(15-16)10-3-2-6-14-10/h2-5,7H,6H2,1H3. The van der Waals surface area contributed by atoms with Crippen LogP contribution in [0.15, 0.2) is 35.3 Å². The van der Waals surface area contributed by atoms with Gasteiger partial charge in [0.2, 0.25) is 0 Å². The minimum absolute atomic E-state index is 0.244. The van der Waals surface area contributed by atoms with Gasteiger partial charge in [-0.05, 0) is 24.3 Å². The monoisotopic (exact) mass is 215 g/mol. The Kier molecular flexibility index (Phi) is 1.89. The van der Waals surface area contributed by atoms with Gasteiger partial charge in [-0.1, -0.05) is 6.08 Å². The maximum atomic E-state index is 13.1. The molecule has 3 nitrogen and oxygen atoms in total. The number of fused-ring (bicyclic) bond motifs is 1. The van der Waals surface area contributed by atoms with Crippen LogP contribution in [-0.4, -0.2) is 22.0 Å².